The Hall–Kier alpha value is -0.310. The number of aromatic nitrogens is 1. The van der Waals surface area contributed by atoms with Gasteiger partial charge in [-0.05, 0) is 22.4 Å². The average molecular weight is 218 g/mol. The summed E-state index contributed by atoms with van der Waals surface area (Å²) >= 11 is 3.21. The third kappa shape index (κ3) is 3.06. The zero-order chi connectivity index (χ0) is 8.10. The summed E-state index contributed by atoms with van der Waals surface area (Å²) in [6, 6.07) is 0. The molecule has 0 aliphatic carbocycles. The molecule has 1 heterocycles. The van der Waals surface area contributed by atoms with Gasteiger partial charge in [-0.2, -0.15) is 0 Å². The molecule has 0 fully saturated rings. The molecule has 0 unspecified atom stereocenters. The van der Waals surface area contributed by atoms with Crippen LogP contribution >= 0.6 is 15.9 Å². The smallest absolute Gasteiger partial charge is 0.195 e. The highest BCUT2D eigenvalue weighted by Gasteiger charge is 1.99. The molecule has 62 valence electrons. The quantitative estimate of drug-likeness (QED) is 0.725. The van der Waals surface area contributed by atoms with Gasteiger partial charge < -0.3 is 4.42 Å². The average Bonchev–Trinajstić information content (AvgIpc) is 2.37. The van der Waals surface area contributed by atoms with Crippen molar-refractivity contribution in [2.24, 2.45) is 0 Å². The van der Waals surface area contributed by atoms with Gasteiger partial charge in [0.2, 0.25) is 0 Å². The minimum atomic E-state index is 0.726. The van der Waals surface area contributed by atoms with E-state index in [1.54, 1.807) is 6.20 Å². The molecule has 0 saturated heterocycles. The molecule has 0 radical (unpaired) electrons. The SMILES string of the molecule is CCCCCc1ncc(Br)o1. The van der Waals surface area contributed by atoms with E-state index in [1.807, 2.05) is 0 Å². The normalized spacial score (nSPS) is 10.4. The van der Waals surface area contributed by atoms with Crippen molar-refractivity contribution in [3.63, 3.8) is 0 Å². The highest BCUT2D eigenvalue weighted by atomic mass is 79.9. The highest BCUT2D eigenvalue weighted by molar-refractivity contribution is 9.10. The summed E-state index contributed by atoms with van der Waals surface area (Å²) in [5.41, 5.74) is 0. The molecular formula is C8H12BrNO. The van der Waals surface area contributed by atoms with Crippen LogP contribution in [-0.4, -0.2) is 4.98 Å². The molecule has 0 aromatic carbocycles. The standard InChI is InChI=1S/C8H12BrNO/c1-2-3-4-5-8-10-6-7(9)11-8/h6H,2-5H2,1H3. The predicted octanol–water partition coefficient (Wildman–Crippen LogP) is 3.17. The van der Waals surface area contributed by atoms with Crippen molar-refractivity contribution in [2.75, 3.05) is 0 Å². The molecule has 1 rings (SSSR count). The fourth-order valence-corrected chi connectivity index (χ4v) is 1.22. The first-order chi connectivity index (χ1) is 5.33. The first-order valence-corrected chi connectivity index (χ1v) is 4.72. The number of hydrogen-bond donors (Lipinski definition) is 0. The number of oxazole rings is 1. The van der Waals surface area contributed by atoms with Crippen molar-refractivity contribution in [1.29, 1.82) is 0 Å². The summed E-state index contributed by atoms with van der Waals surface area (Å²) in [6.45, 7) is 2.19. The molecule has 0 saturated carbocycles. The van der Waals surface area contributed by atoms with E-state index in [-0.39, 0.29) is 0 Å². The van der Waals surface area contributed by atoms with Crippen LogP contribution in [0, 0.1) is 0 Å². The molecule has 3 heteroatoms. The van der Waals surface area contributed by atoms with Crippen LogP contribution in [0.25, 0.3) is 0 Å². The molecule has 0 bridgehead atoms. The van der Waals surface area contributed by atoms with Crippen molar-refractivity contribution in [1.82, 2.24) is 4.98 Å². The van der Waals surface area contributed by atoms with Gasteiger partial charge in [-0.3, -0.25) is 0 Å². The Balaban J connectivity index is 2.27. The molecule has 1 aromatic heterocycles. The highest BCUT2D eigenvalue weighted by Crippen LogP contribution is 2.12. The summed E-state index contributed by atoms with van der Waals surface area (Å²) in [4.78, 5) is 4.07. The Morgan fingerprint density at radius 3 is 2.91 bits per heavy atom. The van der Waals surface area contributed by atoms with Crippen molar-refractivity contribution < 1.29 is 4.42 Å². The van der Waals surface area contributed by atoms with Gasteiger partial charge in [-0.25, -0.2) is 4.98 Å². The molecule has 0 aliphatic rings. The van der Waals surface area contributed by atoms with E-state index in [1.165, 1.54) is 19.3 Å². The maximum Gasteiger partial charge on any atom is 0.195 e. The van der Waals surface area contributed by atoms with Gasteiger partial charge in [0.1, 0.15) is 0 Å². The summed E-state index contributed by atoms with van der Waals surface area (Å²) in [5, 5.41) is 0. The lowest BCUT2D eigenvalue weighted by Gasteiger charge is -1.92. The van der Waals surface area contributed by atoms with Gasteiger partial charge in [0.05, 0.1) is 6.20 Å². The number of nitrogens with zero attached hydrogens (tertiary/aromatic N) is 1. The zero-order valence-electron chi connectivity index (χ0n) is 6.64. The van der Waals surface area contributed by atoms with Crippen LogP contribution in [0.1, 0.15) is 32.1 Å². The fraction of sp³-hybridized carbons (Fsp3) is 0.625. The molecule has 0 N–H and O–H groups in total. The molecule has 0 amide bonds. The number of rotatable bonds is 4. The summed E-state index contributed by atoms with van der Waals surface area (Å²) in [6.07, 6.45) is 6.31. The third-order valence-electron chi connectivity index (χ3n) is 1.52. The van der Waals surface area contributed by atoms with E-state index >= 15 is 0 Å². The first-order valence-electron chi connectivity index (χ1n) is 3.93. The third-order valence-corrected chi connectivity index (χ3v) is 1.89. The first kappa shape index (κ1) is 8.78. The lowest BCUT2D eigenvalue weighted by Crippen LogP contribution is -1.83. The monoisotopic (exact) mass is 217 g/mol. The second kappa shape index (κ2) is 4.54. The van der Waals surface area contributed by atoms with Crippen LogP contribution in [0.15, 0.2) is 15.3 Å². The van der Waals surface area contributed by atoms with Crippen LogP contribution in [0.2, 0.25) is 0 Å². The molecule has 1 aromatic rings. The van der Waals surface area contributed by atoms with E-state index < -0.39 is 0 Å². The summed E-state index contributed by atoms with van der Waals surface area (Å²) in [7, 11) is 0. The van der Waals surface area contributed by atoms with Crippen LogP contribution in [0.5, 0.6) is 0 Å². The molecular weight excluding hydrogens is 206 g/mol. The van der Waals surface area contributed by atoms with Crippen molar-refractivity contribution >= 4 is 15.9 Å². The Morgan fingerprint density at radius 1 is 1.55 bits per heavy atom. The number of hydrogen-bond acceptors (Lipinski definition) is 2. The Labute approximate surface area is 75.1 Å². The number of unbranched alkanes of at least 4 members (excludes halogenated alkanes) is 2. The van der Waals surface area contributed by atoms with Gasteiger partial charge in [0.15, 0.2) is 10.6 Å². The van der Waals surface area contributed by atoms with E-state index in [9.17, 15) is 0 Å². The van der Waals surface area contributed by atoms with Gasteiger partial charge in [0, 0.05) is 6.42 Å². The van der Waals surface area contributed by atoms with Crippen LogP contribution in [0.3, 0.4) is 0 Å². The predicted molar refractivity (Wildman–Crippen MR) is 47.4 cm³/mol. The van der Waals surface area contributed by atoms with E-state index in [2.05, 4.69) is 27.8 Å². The maximum absolute atomic E-state index is 5.24. The molecule has 2 nitrogen and oxygen atoms in total. The van der Waals surface area contributed by atoms with E-state index in [0.717, 1.165) is 17.0 Å². The topological polar surface area (TPSA) is 26.0 Å². The molecule has 11 heavy (non-hydrogen) atoms. The number of halogens is 1. The second-order valence-electron chi connectivity index (χ2n) is 2.52. The van der Waals surface area contributed by atoms with Crippen LogP contribution in [0.4, 0.5) is 0 Å². The Morgan fingerprint density at radius 2 is 2.36 bits per heavy atom. The second-order valence-corrected chi connectivity index (χ2v) is 3.30. The van der Waals surface area contributed by atoms with Crippen molar-refractivity contribution in [2.45, 2.75) is 32.6 Å². The minimum Gasteiger partial charge on any atom is -0.434 e. The lowest BCUT2D eigenvalue weighted by atomic mass is 10.2. The maximum atomic E-state index is 5.24. The Bertz CT molecular complexity index is 210. The molecule has 0 spiro atoms. The van der Waals surface area contributed by atoms with Gasteiger partial charge in [-0.1, -0.05) is 19.8 Å². The fourth-order valence-electron chi connectivity index (χ4n) is 0.930. The van der Waals surface area contributed by atoms with E-state index in [4.69, 9.17) is 4.42 Å². The molecule has 0 atom stereocenters. The van der Waals surface area contributed by atoms with Crippen LogP contribution in [-0.2, 0) is 6.42 Å². The largest absolute Gasteiger partial charge is 0.434 e. The number of aryl methyl sites for hydroxylation is 1. The minimum absolute atomic E-state index is 0.726. The van der Waals surface area contributed by atoms with Crippen LogP contribution < -0.4 is 0 Å². The van der Waals surface area contributed by atoms with Gasteiger partial charge in [0.25, 0.3) is 0 Å². The van der Waals surface area contributed by atoms with Crippen molar-refractivity contribution in [3.05, 3.63) is 16.8 Å². The summed E-state index contributed by atoms with van der Waals surface area (Å²) in [5.74, 6) is 0.838. The van der Waals surface area contributed by atoms with Crippen molar-refractivity contribution in [3.8, 4) is 0 Å². The lowest BCUT2D eigenvalue weighted by molar-refractivity contribution is 0.465. The summed E-state index contributed by atoms with van der Waals surface area (Å²) < 4.78 is 5.96. The van der Waals surface area contributed by atoms with Gasteiger partial charge >= 0.3 is 0 Å². The van der Waals surface area contributed by atoms with Gasteiger partial charge in [-0.15, -0.1) is 0 Å². The molecule has 0 aliphatic heterocycles. The zero-order valence-corrected chi connectivity index (χ0v) is 8.23. The Kier molecular flexibility index (Phi) is 3.63. The van der Waals surface area contributed by atoms with E-state index in [0.29, 0.717) is 0 Å².